The number of hydrogen-bond donors (Lipinski definition) is 1. The molecule has 1 saturated heterocycles. The number of piperazine rings is 1. The molecule has 114 valence electrons. The normalized spacial score (nSPS) is 28.4. The fourth-order valence-electron chi connectivity index (χ4n) is 3.25. The predicted octanol–water partition coefficient (Wildman–Crippen LogP) is 2.47. The van der Waals surface area contributed by atoms with Crippen LogP contribution in [0.25, 0.3) is 0 Å². The fraction of sp³-hybridized carbons (Fsp3) is 0.875. The summed E-state index contributed by atoms with van der Waals surface area (Å²) in [7, 11) is 0. The van der Waals surface area contributed by atoms with Gasteiger partial charge in [0.2, 0.25) is 11.8 Å². The van der Waals surface area contributed by atoms with Crippen molar-refractivity contribution in [2.75, 3.05) is 0 Å². The molecule has 3 atom stereocenters. The summed E-state index contributed by atoms with van der Waals surface area (Å²) in [6.07, 6.45) is 7.48. The number of hydrogen-bond acceptors (Lipinski definition) is 2. The lowest BCUT2D eigenvalue weighted by Gasteiger charge is -2.42. The van der Waals surface area contributed by atoms with E-state index in [1.54, 1.807) is 0 Å². The van der Waals surface area contributed by atoms with Crippen LogP contribution in [-0.4, -0.2) is 34.8 Å². The molecular formula is C16H28N2O2. The highest BCUT2D eigenvalue weighted by Crippen LogP contribution is 2.36. The minimum atomic E-state index is -0.314. The minimum Gasteiger partial charge on any atom is -0.342 e. The molecule has 3 unspecified atom stereocenters. The topological polar surface area (TPSA) is 49.4 Å². The van der Waals surface area contributed by atoms with E-state index in [4.69, 9.17) is 0 Å². The Bertz CT molecular complexity index is 365. The highest BCUT2D eigenvalue weighted by molar-refractivity contribution is 5.97. The maximum Gasteiger partial charge on any atom is 0.246 e. The second-order valence-corrected chi connectivity index (χ2v) is 6.33. The highest BCUT2D eigenvalue weighted by Gasteiger charge is 2.47. The molecule has 20 heavy (non-hydrogen) atoms. The van der Waals surface area contributed by atoms with E-state index < -0.39 is 0 Å². The van der Waals surface area contributed by atoms with Crippen LogP contribution in [-0.2, 0) is 9.59 Å². The van der Waals surface area contributed by atoms with Gasteiger partial charge in [0.1, 0.15) is 12.1 Å². The van der Waals surface area contributed by atoms with E-state index in [2.05, 4.69) is 19.2 Å². The first-order valence-corrected chi connectivity index (χ1v) is 8.22. The Morgan fingerprint density at radius 1 is 1.20 bits per heavy atom. The number of rotatable bonds is 7. The van der Waals surface area contributed by atoms with Crippen molar-refractivity contribution in [2.45, 2.75) is 83.8 Å². The third kappa shape index (κ3) is 3.15. The summed E-state index contributed by atoms with van der Waals surface area (Å²) < 4.78 is 0. The van der Waals surface area contributed by atoms with E-state index >= 15 is 0 Å². The smallest absolute Gasteiger partial charge is 0.246 e. The van der Waals surface area contributed by atoms with Gasteiger partial charge in [0, 0.05) is 6.04 Å². The molecule has 2 rings (SSSR count). The zero-order valence-electron chi connectivity index (χ0n) is 13.0. The van der Waals surface area contributed by atoms with E-state index in [0.717, 1.165) is 44.9 Å². The number of amides is 2. The molecule has 2 aliphatic rings. The van der Waals surface area contributed by atoms with Gasteiger partial charge in [-0.2, -0.15) is 0 Å². The standard InChI is InChI=1S/C16H28N2O2/c1-4-6-8-13(7-5-2)18-11(3)15(19)17-14(16(18)20)12-9-10-12/h11-14H,4-10H2,1-3H3,(H,17,19). The summed E-state index contributed by atoms with van der Waals surface area (Å²) in [6, 6.07) is -0.333. The lowest BCUT2D eigenvalue weighted by atomic mass is 9.96. The quantitative estimate of drug-likeness (QED) is 0.779. The zero-order valence-corrected chi connectivity index (χ0v) is 13.0. The van der Waals surface area contributed by atoms with Crippen LogP contribution in [0.15, 0.2) is 0 Å². The largest absolute Gasteiger partial charge is 0.342 e. The van der Waals surface area contributed by atoms with E-state index in [1.165, 1.54) is 0 Å². The first kappa shape index (κ1) is 15.3. The molecule has 0 bridgehead atoms. The number of unbranched alkanes of at least 4 members (excludes halogenated alkanes) is 1. The van der Waals surface area contributed by atoms with Crippen LogP contribution in [0, 0.1) is 5.92 Å². The summed E-state index contributed by atoms with van der Waals surface area (Å²) in [5.41, 5.74) is 0. The van der Waals surface area contributed by atoms with Crippen LogP contribution in [0.2, 0.25) is 0 Å². The van der Waals surface area contributed by atoms with Crippen molar-refractivity contribution in [1.82, 2.24) is 10.2 Å². The van der Waals surface area contributed by atoms with Crippen LogP contribution in [0.5, 0.6) is 0 Å². The van der Waals surface area contributed by atoms with Gasteiger partial charge >= 0.3 is 0 Å². The molecule has 1 aliphatic carbocycles. The third-order valence-electron chi connectivity index (χ3n) is 4.61. The summed E-state index contributed by atoms with van der Waals surface area (Å²) in [5, 5.41) is 2.93. The van der Waals surface area contributed by atoms with Crippen LogP contribution < -0.4 is 5.32 Å². The zero-order chi connectivity index (χ0) is 14.7. The molecule has 2 fully saturated rings. The fourth-order valence-corrected chi connectivity index (χ4v) is 3.25. The predicted molar refractivity (Wildman–Crippen MR) is 79.2 cm³/mol. The molecule has 0 aromatic rings. The summed E-state index contributed by atoms with van der Waals surface area (Å²) >= 11 is 0. The van der Waals surface area contributed by atoms with Crippen LogP contribution in [0.1, 0.15) is 65.7 Å². The van der Waals surface area contributed by atoms with E-state index in [0.29, 0.717) is 5.92 Å². The van der Waals surface area contributed by atoms with Gasteiger partial charge < -0.3 is 10.2 Å². The molecule has 2 amide bonds. The molecule has 0 aromatic heterocycles. The van der Waals surface area contributed by atoms with Crippen molar-refractivity contribution in [3.63, 3.8) is 0 Å². The van der Waals surface area contributed by atoms with Gasteiger partial charge in [-0.05, 0) is 38.5 Å². The van der Waals surface area contributed by atoms with Crippen molar-refractivity contribution in [3.05, 3.63) is 0 Å². The van der Waals surface area contributed by atoms with Gasteiger partial charge in [-0.15, -0.1) is 0 Å². The number of nitrogens with zero attached hydrogens (tertiary/aromatic N) is 1. The minimum absolute atomic E-state index is 0.0269. The Labute approximate surface area is 122 Å². The first-order valence-electron chi connectivity index (χ1n) is 8.22. The molecule has 4 nitrogen and oxygen atoms in total. The average Bonchev–Trinajstić information content (AvgIpc) is 3.24. The van der Waals surface area contributed by atoms with Crippen LogP contribution in [0.4, 0.5) is 0 Å². The average molecular weight is 280 g/mol. The maximum absolute atomic E-state index is 12.8. The van der Waals surface area contributed by atoms with Gasteiger partial charge in [-0.25, -0.2) is 0 Å². The van der Waals surface area contributed by atoms with Gasteiger partial charge in [0.05, 0.1) is 0 Å². The van der Waals surface area contributed by atoms with Gasteiger partial charge in [-0.1, -0.05) is 33.1 Å². The van der Waals surface area contributed by atoms with Crippen molar-refractivity contribution >= 4 is 11.8 Å². The monoisotopic (exact) mass is 280 g/mol. The molecule has 0 radical (unpaired) electrons. The SMILES string of the molecule is CCCCC(CCC)N1C(=O)C(C2CC2)NC(=O)C1C. The summed E-state index contributed by atoms with van der Waals surface area (Å²) in [5.74, 6) is 0.572. The molecule has 1 N–H and O–H groups in total. The number of carbonyl (C=O) groups excluding carboxylic acids is 2. The Morgan fingerprint density at radius 2 is 1.90 bits per heavy atom. The molecular weight excluding hydrogens is 252 g/mol. The van der Waals surface area contributed by atoms with Crippen LogP contribution >= 0.6 is 0 Å². The molecule has 1 saturated carbocycles. The number of carbonyl (C=O) groups is 2. The van der Waals surface area contributed by atoms with Crippen LogP contribution in [0.3, 0.4) is 0 Å². The highest BCUT2D eigenvalue weighted by atomic mass is 16.2. The summed E-state index contributed by atoms with van der Waals surface area (Å²) in [4.78, 5) is 26.8. The lowest BCUT2D eigenvalue weighted by Crippen LogP contribution is -2.65. The Morgan fingerprint density at radius 3 is 2.45 bits per heavy atom. The second kappa shape index (κ2) is 6.59. The third-order valence-corrected chi connectivity index (χ3v) is 4.61. The number of nitrogens with one attached hydrogen (secondary N) is 1. The Hall–Kier alpha value is -1.06. The van der Waals surface area contributed by atoms with Crippen molar-refractivity contribution in [2.24, 2.45) is 5.92 Å². The van der Waals surface area contributed by atoms with Crippen molar-refractivity contribution < 1.29 is 9.59 Å². The molecule has 0 spiro atoms. The van der Waals surface area contributed by atoms with Gasteiger partial charge in [0.15, 0.2) is 0 Å². The first-order chi connectivity index (χ1) is 9.60. The van der Waals surface area contributed by atoms with Crippen molar-refractivity contribution in [3.8, 4) is 0 Å². The van der Waals surface area contributed by atoms with E-state index in [1.807, 2.05) is 11.8 Å². The van der Waals surface area contributed by atoms with Gasteiger partial charge in [-0.3, -0.25) is 9.59 Å². The Balaban J connectivity index is 2.14. The van der Waals surface area contributed by atoms with E-state index in [-0.39, 0.29) is 29.9 Å². The van der Waals surface area contributed by atoms with Gasteiger partial charge in [0.25, 0.3) is 0 Å². The molecule has 4 heteroatoms. The second-order valence-electron chi connectivity index (χ2n) is 6.33. The molecule has 1 heterocycles. The van der Waals surface area contributed by atoms with Crippen molar-refractivity contribution in [1.29, 1.82) is 0 Å². The molecule has 1 aliphatic heterocycles. The summed E-state index contributed by atoms with van der Waals surface area (Å²) in [6.45, 7) is 6.19. The molecule has 0 aromatic carbocycles. The van der Waals surface area contributed by atoms with E-state index in [9.17, 15) is 9.59 Å². The lowest BCUT2D eigenvalue weighted by molar-refractivity contribution is -0.152. The Kier molecular flexibility index (Phi) is 5.06. The maximum atomic E-state index is 12.8.